The highest BCUT2D eigenvalue weighted by Crippen LogP contribution is 2.31. The minimum Gasteiger partial charge on any atom is -0.496 e. The molecule has 0 bridgehead atoms. The second kappa shape index (κ2) is 6.43. The van der Waals surface area contributed by atoms with Crippen molar-refractivity contribution in [1.82, 2.24) is 0 Å². The van der Waals surface area contributed by atoms with Gasteiger partial charge < -0.3 is 4.74 Å². The molecule has 0 aliphatic rings. The Hall–Kier alpha value is -2.31. The number of para-hydroxylation sites is 1. The highest BCUT2D eigenvalue weighted by molar-refractivity contribution is 6.35. The summed E-state index contributed by atoms with van der Waals surface area (Å²) in [6.45, 7) is 1.82. The van der Waals surface area contributed by atoms with Crippen LogP contribution in [0, 0.1) is 18.3 Å². The zero-order chi connectivity index (χ0) is 15.4. The fourth-order valence-electron chi connectivity index (χ4n) is 2.17. The highest BCUT2D eigenvalue weighted by atomic mass is 35.5. The third-order valence-electron chi connectivity index (χ3n) is 3.30. The summed E-state index contributed by atoms with van der Waals surface area (Å²) in [6.07, 6.45) is 0. The Morgan fingerprint density at radius 3 is 2.62 bits per heavy atom. The first-order chi connectivity index (χ1) is 10.1. The van der Waals surface area contributed by atoms with E-state index >= 15 is 0 Å². The van der Waals surface area contributed by atoms with E-state index in [-0.39, 0.29) is 5.78 Å². The third kappa shape index (κ3) is 2.91. The smallest absolute Gasteiger partial charge is 0.186 e. The topological polar surface area (TPSA) is 50.1 Å². The average molecular weight is 300 g/mol. The van der Waals surface area contributed by atoms with Crippen molar-refractivity contribution in [3.05, 3.63) is 64.2 Å². The summed E-state index contributed by atoms with van der Waals surface area (Å²) in [6, 6.07) is 14.3. The van der Waals surface area contributed by atoms with Gasteiger partial charge >= 0.3 is 0 Å². The molecule has 0 aliphatic heterocycles. The molecule has 0 fully saturated rings. The summed E-state index contributed by atoms with van der Waals surface area (Å²) in [5.74, 6) is -0.752. The first-order valence-electron chi connectivity index (χ1n) is 6.42. The van der Waals surface area contributed by atoms with Gasteiger partial charge in [-0.1, -0.05) is 41.9 Å². The van der Waals surface area contributed by atoms with Crippen molar-refractivity contribution < 1.29 is 9.53 Å². The maximum Gasteiger partial charge on any atom is 0.186 e. The molecule has 0 spiro atoms. The molecule has 0 N–H and O–H groups in total. The van der Waals surface area contributed by atoms with E-state index in [0.29, 0.717) is 21.9 Å². The predicted octanol–water partition coefficient (Wildman–Crippen LogP) is 4.15. The van der Waals surface area contributed by atoms with Crippen LogP contribution >= 0.6 is 11.6 Å². The maximum absolute atomic E-state index is 12.7. The minimum atomic E-state index is -0.944. The van der Waals surface area contributed by atoms with Gasteiger partial charge in [0.2, 0.25) is 0 Å². The Kier molecular flexibility index (Phi) is 4.62. The Labute approximate surface area is 128 Å². The van der Waals surface area contributed by atoms with Crippen LogP contribution < -0.4 is 4.74 Å². The van der Waals surface area contributed by atoms with Crippen LogP contribution in [-0.4, -0.2) is 12.9 Å². The first kappa shape index (κ1) is 15.1. The number of rotatable bonds is 4. The number of hydrogen-bond donors (Lipinski definition) is 0. The summed E-state index contributed by atoms with van der Waals surface area (Å²) in [5, 5.41) is 9.81. The van der Waals surface area contributed by atoms with Gasteiger partial charge in [-0.05, 0) is 24.6 Å². The van der Waals surface area contributed by atoms with Gasteiger partial charge in [0.25, 0.3) is 0 Å². The van der Waals surface area contributed by atoms with Crippen LogP contribution in [0.1, 0.15) is 27.4 Å². The lowest BCUT2D eigenvalue weighted by Gasteiger charge is -2.14. The number of ether oxygens (including phenoxy) is 1. The molecule has 4 heteroatoms. The van der Waals surface area contributed by atoms with Gasteiger partial charge in [0.05, 0.1) is 18.2 Å². The fourth-order valence-corrected chi connectivity index (χ4v) is 2.39. The van der Waals surface area contributed by atoms with E-state index in [2.05, 4.69) is 0 Å². The van der Waals surface area contributed by atoms with Crippen molar-refractivity contribution in [2.24, 2.45) is 0 Å². The minimum absolute atomic E-state index is 0.323. The van der Waals surface area contributed by atoms with E-state index in [1.54, 1.807) is 36.4 Å². The van der Waals surface area contributed by atoms with Crippen molar-refractivity contribution >= 4 is 17.4 Å². The number of aryl methyl sites for hydroxylation is 1. The number of hydrogen-bond acceptors (Lipinski definition) is 3. The Bertz CT molecular complexity index is 719. The van der Waals surface area contributed by atoms with Gasteiger partial charge in [0, 0.05) is 11.1 Å². The molecule has 0 saturated heterocycles. The highest BCUT2D eigenvalue weighted by Gasteiger charge is 2.26. The summed E-state index contributed by atoms with van der Waals surface area (Å²) < 4.78 is 5.23. The number of carbonyl (C=O) groups excluding carboxylic acids is 1. The zero-order valence-electron chi connectivity index (χ0n) is 11.8. The van der Waals surface area contributed by atoms with E-state index in [9.17, 15) is 10.1 Å². The second-order valence-electron chi connectivity index (χ2n) is 4.60. The van der Waals surface area contributed by atoms with E-state index in [1.165, 1.54) is 7.11 Å². The first-order valence-corrected chi connectivity index (χ1v) is 6.79. The monoisotopic (exact) mass is 299 g/mol. The molecule has 2 aromatic rings. The lowest BCUT2D eigenvalue weighted by atomic mass is 9.90. The van der Waals surface area contributed by atoms with Gasteiger partial charge in [0.1, 0.15) is 11.7 Å². The number of Topliss-reactive ketones (excluding diaryl/α,β-unsaturated/α-hetero) is 1. The number of carbonyl (C=O) groups is 1. The Morgan fingerprint density at radius 2 is 1.95 bits per heavy atom. The second-order valence-corrected chi connectivity index (χ2v) is 4.98. The normalized spacial score (nSPS) is 11.5. The van der Waals surface area contributed by atoms with Crippen LogP contribution in [0.2, 0.25) is 5.02 Å². The number of nitriles is 1. The lowest BCUT2D eigenvalue weighted by Crippen LogP contribution is -2.13. The summed E-state index contributed by atoms with van der Waals surface area (Å²) in [4.78, 5) is 12.7. The largest absolute Gasteiger partial charge is 0.496 e. The fraction of sp³-hybridized carbons (Fsp3) is 0.176. The summed E-state index contributed by atoms with van der Waals surface area (Å²) in [7, 11) is 1.51. The van der Waals surface area contributed by atoms with Crippen molar-refractivity contribution in [3.63, 3.8) is 0 Å². The van der Waals surface area contributed by atoms with E-state index in [0.717, 1.165) is 5.56 Å². The molecule has 3 nitrogen and oxygen atoms in total. The van der Waals surface area contributed by atoms with Crippen molar-refractivity contribution in [2.75, 3.05) is 7.11 Å². The van der Waals surface area contributed by atoms with Crippen LogP contribution in [0.25, 0.3) is 0 Å². The van der Waals surface area contributed by atoms with Gasteiger partial charge in [0.15, 0.2) is 5.78 Å². The number of methoxy groups -OCH3 is 1. The predicted molar refractivity (Wildman–Crippen MR) is 81.9 cm³/mol. The van der Waals surface area contributed by atoms with Crippen LogP contribution in [0.5, 0.6) is 5.75 Å². The molecule has 2 rings (SSSR count). The Balaban J connectivity index is 2.49. The molecule has 1 atom stereocenters. The van der Waals surface area contributed by atoms with Crippen molar-refractivity contribution in [3.8, 4) is 11.8 Å². The molecule has 0 amide bonds. The Morgan fingerprint density at radius 1 is 1.24 bits per heavy atom. The van der Waals surface area contributed by atoms with Crippen LogP contribution in [-0.2, 0) is 0 Å². The number of halogens is 1. The van der Waals surface area contributed by atoms with Gasteiger partial charge in [-0.25, -0.2) is 0 Å². The van der Waals surface area contributed by atoms with Gasteiger partial charge in [-0.2, -0.15) is 5.26 Å². The summed E-state index contributed by atoms with van der Waals surface area (Å²) in [5.41, 5.74) is 1.71. The van der Waals surface area contributed by atoms with Gasteiger partial charge in [-0.3, -0.25) is 4.79 Å². The third-order valence-corrected chi connectivity index (χ3v) is 3.80. The molecule has 0 aromatic heterocycles. The van der Waals surface area contributed by atoms with Gasteiger partial charge in [-0.15, -0.1) is 0 Å². The molecule has 2 aromatic carbocycles. The number of benzene rings is 2. The molecule has 21 heavy (non-hydrogen) atoms. The molecular formula is C17H14ClNO2. The quantitative estimate of drug-likeness (QED) is 0.797. The standard InChI is InChI=1S/C17H14ClNO2/c1-11-6-5-8-13(16(11)18)17(20)14(10-19)12-7-3-4-9-15(12)21-2/h3-9,14H,1-2H3. The average Bonchev–Trinajstić information content (AvgIpc) is 2.51. The lowest BCUT2D eigenvalue weighted by molar-refractivity contribution is 0.0978. The van der Waals surface area contributed by atoms with Crippen molar-refractivity contribution in [2.45, 2.75) is 12.8 Å². The maximum atomic E-state index is 12.7. The molecular weight excluding hydrogens is 286 g/mol. The number of ketones is 1. The van der Waals surface area contributed by atoms with E-state index in [1.807, 2.05) is 19.1 Å². The van der Waals surface area contributed by atoms with E-state index in [4.69, 9.17) is 16.3 Å². The summed E-state index contributed by atoms with van der Waals surface area (Å²) >= 11 is 6.19. The van der Waals surface area contributed by atoms with E-state index < -0.39 is 5.92 Å². The molecule has 1 unspecified atom stereocenters. The zero-order valence-corrected chi connectivity index (χ0v) is 12.5. The molecule has 0 heterocycles. The molecule has 0 aliphatic carbocycles. The van der Waals surface area contributed by atoms with Crippen molar-refractivity contribution in [1.29, 1.82) is 5.26 Å². The molecule has 0 radical (unpaired) electrons. The van der Waals surface area contributed by atoms with Crippen LogP contribution in [0.15, 0.2) is 42.5 Å². The SMILES string of the molecule is COc1ccccc1C(C#N)C(=O)c1cccc(C)c1Cl. The van der Waals surface area contributed by atoms with Crippen LogP contribution in [0.3, 0.4) is 0 Å². The van der Waals surface area contributed by atoms with Crippen LogP contribution in [0.4, 0.5) is 0 Å². The molecule has 106 valence electrons. The number of nitrogens with zero attached hydrogens (tertiary/aromatic N) is 1. The molecule has 0 saturated carbocycles.